The molecule has 0 heterocycles. The molecule has 0 amide bonds. The summed E-state index contributed by atoms with van der Waals surface area (Å²) in [4.78, 5) is 0. The van der Waals surface area contributed by atoms with Crippen LogP contribution in [-0.4, -0.2) is 26.4 Å². The van der Waals surface area contributed by atoms with E-state index in [0.29, 0.717) is 25.6 Å². The van der Waals surface area contributed by atoms with Crippen molar-refractivity contribution in [1.29, 1.82) is 0 Å². The van der Waals surface area contributed by atoms with Gasteiger partial charge in [0.1, 0.15) is 6.61 Å². The van der Waals surface area contributed by atoms with E-state index in [0.717, 1.165) is 18.5 Å². The summed E-state index contributed by atoms with van der Waals surface area (Å²) in [6.07, 6.45) is 0.975. The second-order valence-corrected chi connectivity index (χ2v) is 4.40. The third-order valence-electron chi connectivity index (χ3n) is 2.80. The van der Waals surface area contributed by atoms with E-state index in [1.54, 1.807) is 6.07 Å². The van der Waals surface area contributed by atoms with Gasteiger partial charge in [-0.2, -0.15) is 0 Å². The molecule has 0 saturated carbocycles. The van der Waals surface area contributed by atoms with E-state index >= 15 is 0 Å². The summed E-state index contributed by atoms with van der Waals surface area (Å²) in [6, 6.07) is 5.08. The summed E-state index contributed by atoms with van der Waals surface area (Å²) in [5.74, 6) is 0.00814. The monoisotopic (exact) mass is 269 g/mol. The summed E-state index contributed by atoms with van der Waals surface area (Å²) >= 11 is 0. The Morgan fingerprint density at radius 1 is 1.21 bits per heavy atom. The van der Waals surface area contributed by atoms with Crippen LogP contribution in [-0.2, 0) is 4.74 Å². The van der Waals surface area contributed by atoms with Gasteiger partial charge in [0, 0.05) is 18.2 Å². The van der Waals surface area contributed by atoms with E-state index < -0.39 is 0 Å². The molecule has 0 radical (unpaired) electrons. The molecule has 0 aliphatic carbocycles. The van der Waals surface area contributed by atoms with E-state index in [1.807, 2.05) is 26.8 Å². The highest BCUT2D eigenvalue weighted by molar-refractivity contribution is 5.37. The highest BCUT2D eigenvalue weighted by Crippen LogP contribution is 2.28. The van der Waals surface area contributed by atoms with Gasteiger partial charge in [0.2, 0.25) is 0 Å². The van der Waals surface area contributed by atoms with Gasteiger partial charge in [-0.05, 0) is 26.0 Å². The van der Waals surface area contributed by atoms with Crippen molar-refractivity contribution in [3.63, 3.8) is 0 Å². The molecule has 19 heavy (non-hydrogen) atoms. The molecular formula is C15H24FNO2. The normalized spacial score (nSPS) is 12.4. The van der Waals surface area contributed by atoms with Crippen molar-refractivity contribution in [3.05, 3.63) is 29.6 Å². The Labute approximate surface area is 115 Å². The van der Waals surface area contributed by atoms with Crippen LogP contribution in [0.4, 0.5) is 4.39 Å². The van der Waals surface area contributed by atoms with Crippen LogP contribution in [0.15, 0.2) is 18.2 Å². The van der Waals surface area contributed by atoms with Crippen molar-refractivity contribution in [2.24, 2.45) is 0 Å². The Kier molecular flexibility index (Phi) is 7.45. The van der Waals surface area contributed by atoms with Gasteiger partial charge in [-0.25, -0.2) is 4.39 Å². The Balaban J connectivity index is 2.64. The number of hydrogen-bond acceptors (Lipinski definition) is 3. The molecule has 0 fully saturated rings. The molecule has 1 rings (SSSR count). The fourth-order valence-corrected chi connectivity index (χ4v) is 1.88. The van der Waals surface area contributed by atoms with E-state index in [2.05, 4.69) is 5.32 Å². The Hall–Kier alpha value is -1.13. The van der Waals surface area contributed by atoms with E-state index in [1.165, 1.54) is 6.07 Å². The number of halogens is 1. The lowest BCUT2D eigenvalue weighted by atomic mass is 10.1. The molecule has 1 aromatic rings. The highest BCUT2D eigenvalue weighted by Gasteiger charge is 2.14. The second-order valence-electron chi connectivity index (χ2n) is 4.40. The van der Waals surface area contributed by atoms with Crippen LogP contribution in [0, 0.1) is 5.82 Å². The van der Waals surface area contributed by atoms with Gasteiger partial charge in [0.25, 0.3) is 0 Å². The molecular weight excluding hydrogens is 245 g/mol. The zero-order chi connectivity index (χ0) is 14.1. The molecule has 108 valence electrons. The summed E-state index contributed by atoms with van der Waals surface area (Å²) in [5.41, 5.74) is 0.845. The highest BCUT2D eigenvalue weighted by atomic mass is 19.1. The largest absolute Gasteiger partial charge is 0.488 e. The first-order chi connectivity index (χ1) is 9.20. The quantitative estimate of drug-likeness (QED) is 0.698. The molecule has 0 spiro atoms. The van der Waals surface area contributed by atoms with Crippen molar-refractivity contribution in [3.8, 4) is 5.75 Å². The Bertz CT molecular complexity index is 371. The molecule has 0 bridgehead atoms. The first-order valence-electron chi connectivity index (χ1n) is 6.93. The smallest absolute Gasteiger partial charge is 0.165 e. The SMILES string of the molecule is CCCOCCOc1c(F)cccc1C(C)NCC. The number of ether oxygens (including phenoxy) is 2. The fourth-order valence-electron chi connectivity index (χ4n) is 1.88. The molecule has 4 heteroatoms. The molecule has 3 nitrogen and oxygen atoms in total. The van der Waals surface area contributed by atoms with Gasteiger partial charge in [-0.3, -0.25) is 0 Å². The average molecular weight is 269 g/mol. The predicted octanol–water partition coefficient (Wildman–Crippen LogP) is 3.30. The maximum atomic E-state index is 13.8. The first kappa shape index (κ1) is 15.9. The zero-order valence-electron chi connectivity index (χ0n) is 12.0. The molecule has 0 aromatic heterocycles. The average Bonchev–Trinajstić information content (AvgIpc) is 2.40. The minimum Gasteiger partial charge on any atom is -0.488 e. The van der Waals surface area contributed by atoms with Crippen molar-refractivity contribution in [1.82, 2.24) is 5.32 Å². The van der Waals surface area contributed by atoms with Crippen LogP contribution in [0.1, 0.15) is 38.8 Å². The van der Waals surface area contributed by atoms with Gasteiger partial charge in [-0.1, -0.05) is 26.0 Å². The minimum atomic E-state index is -0.322. The van der Waals surface area contributed by atoms with Crippen molar-refractivity contribution >= 4 is 0 Å². The van der Waals surface area contributed by atoms with Gasteiger partial charge in [0.05, 0.1) is 6.61 Å². The summed E-state index contributed by atoms with van der Waals surface area (Å²) in [5, 5.41) is 3.26. The van der Waals surface area contributed by atoms with Crippen molar-refractivity contribution in [2.45, 2.75) is 33.2 Å². The Morgan fingerprint density at radius 2 is 2.00 bits per heavy atom. The van der Waals surface area contributed by atoms with Gasteiger partial charge in [0.15, 0.2) is 11.6 Å². The van der Waals surface area contributed by atoms with Crippen LogP contribution in [0.25, 0.3) is 0 Å². The lowest BCUT2D eigenvalue weighted by Crippen LogP contribution is -2.19. The number of rotatable bonds is 9. The molecule has 1 unspecified atom stereocenters. The number of hydrogen-bond donors (Lipinski definition) is 1. The van der Waals surface area contributed by atoms with Gasteiger partial charge >= 0.3 is 0 Å². The third-order valence-corrected chi connectivity index (χ3v) is 2.80. The molecule has 0 saturated heterocycles. The van der Waals surface area contributed by atoms with Crippen LogP contribution in [0.5, 0.6) is 5.75 Å². The standard InChI is InChI=1S/C15H24FNO2/c1-4-9-18-10-11-19-15-13(12(3)17-5-2)7-6-8-14(15)16/h6-8,12,17H,4-5,9-11H2,1-3H3. The summed E-state index contributed by atoms with van der Waals surface area (Å²) in [6.45, 7) is 8.46. The number of nitrogens with one attached hydrogen (secondary N) is 1. The first-order valence-corrected chi connectivity index (χ1v) is 6.93. The summed E-state index contributed by atoms with van der Waals surface area (Å²) < 4.78 is 24.7. The number of benzene rings is 1. The number of para-hydroxylation sites is 1. The van der Waals surface area contributed by atoms with Crippen LogP contribution in [0.3, 0.4) is 0 Å². The molecule has 1 atom stereocenters. The van der Waals surface area contributed by atoms with E-state index in [4.69, 9.17) is 9.47 Å². The van der Waals surface area contributed by atoms with Gasteiger partial charge < -0.3 is 14.8 Å². The van der Waals surface area contributed by atoms with Gasteiger partial charge in [-0.15, -0.1) is 0 Å². The van der Waals surface area contributed by atoms with Crippen LogP contribution in [0.2, 0.25) is 0 Å². The third kappa shape index (κ3) is 5.17. The maximum Gasteiger partial charge on any atom is 0.165 e. The predicted molar refractivity (Wildman–Crippen MR) is 75.1 cm³/mol. The second kappa shape index (κ2) is 8.88. The van der Waals surface area contributed by atoms with Crippen LogP contribution >= 0.6 is 0 Å². The van der Waals surface area contributed by atoms with E-state index in [9.17, 15) is 4.39 Å². The molecule has 0 aliphatic rings. The lowest BCUT2D eigenvalue weighted by Gasteiger charge is -2.18. The zero-order valence-corrected chi connectivity index (χ0v) is 12.0. The van der Waals surface area contributed by atoms with Crippen LogP contribution < -0.4 is 10.1 Å². The molecule has 1 N–H and O–H groups in total. The summed E-state index contributed by atoms with van der Waals surface area (Å²) in [7, 11) is 0. The Morgan fingerprint density at radius 3 is 2.68 bits per heavy atom. The molecule has 0 aliphatic heterocycles. The minimum absolute atomic E-state index is 0.0623. The fraction of sp³-hybridized carbons (Fsp3) is 0.600. The topological polar surface area (TPSA) is 30.5 Å². The lowest BCUT2D eigenvalue weighted by molar-refractivity contribution is 0.0986. The van der Waals surface area contributed by atoms with Crippen molar-refractivity contribution < 1.29 is 13.9 Å². The molecule has 1 aromatic carbocycles. The van der Waals surface area contributed by atoms with E-state index in [-0.39, 0.29) is 11.9 Å². The van der Waals surface area contributed by atoms with Crippen molar-refractivity contribution in [2.75, 3.05) is 26.4 Å². The maximum absolute atomic E-state index is 13.8.